The first-order valence-electron chi connectivity index (χ1n) is 8.00. The predicted molar refractivity (Wildman–Crippen MR) is 79.9 cm³/mol. The third-order valence-electron chi connectivity index (χ3n) is 4.05. The molecule has 1 fully saturated rings. The molecule has 1 amide bonds. The molecule has 120 valence electrons. The van der Waals surface area contributed by atoms with Crippen molar-refractivity contribution in [2.75, 3.05) is 6.54 Å². The molecule has 0 aromatic carbocycles. The average Bonchev–Trinajstić information content (AvgIpc) is 2.88. The SMILES string of the molecule is CC(C)C(=O)C(=O)N1CCCC1CCCCCCC(=O)O. The average molecular weight is 297 g/mol. The summed E-state index contributed by atoms with van der Waals surface area (Å²) >= 11 is 0. The van der Waals surface area contributed by atoms with Gasteiger partial charge in [-0.2, -0.15) is 0 Å². The van der Waals surface area contributed by atoms with Gasteiger partial charge in [0.25, 0.3) is 5.91 Å². The molecule has 5 heteroatoms. The lowest BCUT2D eigenvalue weighted by Crippen LogP contribution is -2.41. The van der Waals surface area contributed by atoms with Crippen molar-refractivity contribution in [2.45, 2.75) is 71.3 Å². The fourth-order valence-electron chi connectivity index (χ4n) is 2.80. The lowest BCUT2D eigenvalue weighted by Gasteiger charge is -2.24. The lowest BCUT2D eigenvalue weighted by atomic mass is 10.0. The molecular formula is C16H27NO4. The molecule has 1 N–H and O–H groups in total. The molecular weight excluding hydrogens is 270 g/mol. The van der Waals surface area contributed by atoms with Gasteiger partial charge in [0.15, 0.2) is 0 Å². The number of hydrogen-bond donors (Lipinski definition) is 1. The number of likely N-dealkylation sites (tertiary alicyclic amines) is 1. The largest absolute Gasteiger partial charge is 0.481 e. The second-order valence-electron chi connectivity index (χ2n) is 6.16. The van der Waals surface area contributed by atoms with Gasteiger partial charge in [0.2, 0.25) is 5.78 Å². The van der Waals surface area contributed by atoms with Crippen LogP contribution in [0.15, 0.2) is 0 Å². The number of aliphatic carboxylic acids is 1. The van der Waals surface area contributed by atoms with Crippen molar-refractivity contribution < 1.29 is 19.5 Å². The predicted octanol–water partition coefficient (Wildman–Crippen LogP) is 2.63. The molecule has 1 heterocycles. The van der Waals surface area contributed by atoms with Crippen molar-refractivity contribution in [1.82, 2.24) is 4.90 Å². The minimum atomic E-state index is -0.741. The Morgan fingerprint density at radius 3 is 2.43 bits per heavy atom. The normalized spacial score (nSPS) is 18.2. The number of carbonyl (C=O) groups is 3. The summed E-state index contributed by atoms with van der Waals surface area (Å²) < 4.78 is 0. The summed E-state index contributed by atoms with van der Waals surface area (Å²) in [5, 5.41) is 8.56. The van der Waals surface area contributed by atoms with Gasteiger partial charge >= 0.3 is 5.97 Å². The highest BCUT2D eigenvalue weighted by Crippen LogP contribution is 2.23. The smallest absolute Gasteiger partial charge is 0.303 e. The van der Waals surface area contributed by atoms with E-state index in [0.717, 1.165) is 38.5 Å². The topological polar surface area (TPSA) is 74.7 Å². The second kappa shape index (κ2) is 8.80. The fourth-order valence-corrected chi connectivity index (χ4v) is 2.80. The first-order valence-corrected chi connectivity index (χ1v) is 8.00. The number of Topliss-reactive ketones (excluding diaryl/α,β-unsaturated/α-hetero) is 1. The molecule has 0 radical (unpaired) electrons. The standard InChI is InChI=1S/C16H27NO4/c1-12(2)15(20)16(21)17-11-7-9-13(17)8-5-3-4-6-10-14(18)19/h12-13H,3-11H2,1-2H3,(H,18,19). The van der Waals surface area contributed by atoms with Crippen LogP contribution in [0, 0.1) is 5.92 Å². The van der Waals surface area contributed by atoms with E-state index in [0.29, 0.717) is 13.0 Å². The molecule has 0 aromatic heterocycles. The van der Waals surface area contributed by atoms with Gasteiger partial charge in [0.1, 0.15) is 0 Å². The summed E-state index contributed by atoms with van der Waals surface area (Å²) in [7, 11) is 0. The van der Waals surface area contributed by atoms with Gasteiger partial charge in [-0.05, 0) is 25.7 Å². The van der Waals surface area contributed by atoms with E-state index >= 15 is 0 Å². The number of carboxylic acids is 1. The van der Waals surface area contributed by atoms with E-state index in [4.69, 9.17) is 5.11 Å². The van der Waals surface area contributed by atoms with Gasteiger partial charge < -0.3 is 10.0 Å². The highest BCUT2D eigenvalue weighted by molar-refractivity contribution is 6.36. The van der Waals surface area contributed by atoms with Gasteiger partial charge in [-0.1, -0.05) is 33.1 Å². The van der Waals surface area contributed by atoms with E-state index in [1.165, 1.54) is 0 Å². The fraction of sp³-hybridized carbons (Fsp3) is 0.812. The first-order chi connectivity index (χ1) is 9.93. The maximum Gasteiger partial charge on any atom is 0.303 e. The van der Waals surface area contributed by atoms with Crippen molar-refractivity contribution in [2.24, 2.45) is 5.92 Å². The Morgan fingerprint density at radius 1 is 1.14 bits per heavy atom. The number of unbranched alkanes of at least 4 members (excludes halogenated alkanes) is 3. The van der Waals surface area contributed by atoms with E-state index in [1.807, 2.05) is 0 Å². The zero-order valence-corrected chi connectivity index (χ0v) is 13.1. The van der Waals surface area contributed by atoms with Crippen molar-refractivity contribution in [1.29, 1.82) is 0 Å². The Labute approximate surface area is 126 Å². The number of rotatable bonds is 9. The molecule has 1 aliphatic rings. The van der Waals surface area contributed by atoms with E-state index in [2.05, 4.69) is 0 Å². The summed E-state index contributed by atoms with van der Waals surface area (Å²) in [5.74, 6) is -1.59. The lowest BCUT2D eigenvalue weighted by molar-refractivity contribution is -0.146. The van der Waals surface area contributed by atoms with Crippen LogP contribution in [0.25, 0.3) is 0 Å². The number of amides is 1. The summed E-state index contributed by atoms with van der Waals surface area (Å²) in [6, 6.07) is 0.194. The molecule has 1 saturated heterocycles. The van der Waals surface area contributed by atoms with Crippen molar-refractivity contribution in [3.63, 3.8) is 0 Å². The zero-order chi connectivity index (χ0) is 15.8. The van der Waals surface area contributed by atoms with E-state index in [1.54, 1.807) is 18.7 Å². The summed E-state index contributed by atoms with van der Waals surface area (Å²) in [6.45, 7) is 4.21. The Kier molecular flexibility index (Phi) is 7.40. The Morgan fingerprint density at radius 2 is 1.81 bits per heavy atom. The Bertz CT molecular complexity index is 378. The second-order valence-corrected chi connectivity index (χ2v) is 6.16. The molecule has 0 saturated carbocycles. The zero-order valence-electron chi connectivity index (χ0n) is 13.1. The van der Waals surface area contributed by atoms with Crippen molar-refractivity contribution in [3.05, 3.63) is 0 Å². The maximum atomic E-state index is 12.1. The molecule has 1 aliphatic heterocycles. The quantitative estimate of drug-likeness (QED) is 0.524. The first kappa shape index (κ1) is 17.7. The molecule has 1 unspecified atom stereocenters. The molecule has 5 nitrogen and oxygen atoms in total. The van der Waals surface area contributed by atoms with E-state index in [9.17, 15) is 14.4 Å². The van der Waals surface area contributed by atoms with Crippen LogP contribution in [0.2, 0.25) is 0 Å². The van der Waals surface area contributed by atoms with Crippen LogP contribution < -0.4 is 0 Å². The number of carbonyl (C=O) groups excluding carboxylic acids is 2. The summed E-state index contributed by atoms with van der Waals surface area (Å²) in [6.07, 6.45) is 6.72. The maximum absolute atomic E-state index is 12.1. The molecule has 21 heavy (non-hydrogen) atoms. The number of carboxylic acid groups (broad SMARTS) is 1. The van der Waals surface area contributed by atoms with Gasteiger partial charge in [0.05, 0.1) is 0 Å². The highest BCUT2D eigenvalue weighted by atomic mass is 16.4. The molecule has 0 aromatic rings. The van der Waals surface area contributed by atoms with Crippen LogP contribution in [0.4, 0.5) is 0 Å². The summed E-state index contributed by atoms with van der Waals surface area (Å²) in [5.41, 5.74) is 0. The number of ketones is 1. The van der Waals surface area contributed by atoms with E-state index < -0.39 is 5.97 Å². The number of nitrogens with zero attached hydrogens (tertiary/aromatic N) is 1. The van der Waals surface area contributed by atoms with Crippen LogP contribution in [0.5, 0.6) is 0 Å². The van der Waals surface area contributed by atoms with Crippen LogP contribution >= 0.6 is 0 Å². The van der Waals surface area contributed by atoms with Gasteiger partial charge in [-0.15, -0.1) is 0 Å². The van der Waals surface area contributed by atoms with Crippen molar-refractivity contribution >= 4 is 17.7 Å². The third-order valence-corrected chi connectivity index (χ3v) is 4.05. The minimum Gasteiger partial charge on any atom is -0.481 e. The van der Waals surface area contributed by atoms with Gasteiger partial charge in [-0.25, -0.2) is 0 Å². The van der Waals surface area contributed by atoms with Crippen LogP contribution in [0.3, 0.4) is 0 Å². The number of hydrogen-bond acceptors (Lipinski definition) is 3. The summed E-state index contributed by atoms with van der Waals surface area (Å²) in [4.78, 5) is 36.1. The van der Waals surface area contributed by atoms with Crippen LogP contribution in [-0.2, 0) is 14.4 Å². The Balaban J connectivity index is 2.29. The van der Waals surface area contributed by atoms with Gasteiger partial charge in [0, 0.05) is 24.9 Å². The van der Waals surface area contributed by atoms with E-state index in [-0.39, 0.29) is 30.1 Å². The highest BCUT2D eigenvalue weighted by Gasteiger charge is 2.32. The Hall–Kier alpha value is -1.39. The van der Waals surface area contributed by atoms with Crippen LogP contribution in [-0.4, -0.2) is 40.3 Å². The van der Waals surface area contributed by atoms with Crippen LogP contribution in [0.1, 0.15) is 65.2 Å². The third kappa shape index (κ3) is 5.86. The minimum absolute atomic E-state index is 0.194. The molecule has 0 bridgehead atoms. The molecule has 0 spiro atoms. The molecule has 1 atom stereocenters. The van der Waals surface area contributed by atoms with Gasteiger partial charge in [-0.3, -0.25) is 14.4 Å². The molecule has 1 rings (SSSR count). The monoisotopic (exact) mass is 297 g/mol. The molecule has 0 aliphatic carbocycles. The van der Waals surface area contributed by atoms with Crippen molar-refractivity contribution in [3.8, 4) is 0 Å².